The number of alkyl halides is 1. The first-order chi connectivity index (χ1) is 8.13. The zero-order valence-electron chi connectivity index (χ0n) is 9.13. The summed E-state index contributed by atoms with van der Waals surface area (Å²) in [4.78, 5) is 13.5. The Kier molecular flexibility index (Phi) is 4.18. The van der Waals surface area contributed by atoms with E-state index in [-0.39, 0.29) is 11.8 Å². The number of nitrogens with zero attached hydrogens (tertiary/aromatic N) is 1. The van der Waals surface area contributed by atoms with Gasteiger partial charge in [-0.2, -0.15) is 0 Å². The van der Waals surface area contributed by atoms with Crippen LogP contribution >= 0.6 is 34.8 Å². The summed E-state index contributed by atoms with van der Waals surface area (Å²) in [5.41, 5.74) is 0.793. The highest BCUT2D eigenvalue weighted by Gasteiger charge is 2.32. The summed E-state index contributed by atoms with van der Waals surface area (Å²) in [5, 5.41) is 1.18. The van der Waals surface area contributed by atoms with Crippen LogP contribution in [0.5, 0.6) is 0 Å². The minimum absolute atomic E-state index is 0.00142. The Morgan fingerprint density at radius 3 is 2.35 bits per heavy atom. The van der Waals surface area contributed by atoms with E-state index < -0.39 is 0 Å². The summed E-state index contributed by atoms with van der Waals surface area (Å²) in [6, 6.07) is 5.64. The molecule has 1 aliphatic carbocycles. The van der Waals surface area contributed by atoms with Crippen molar-refractivity contribution in [2.24, 2.45) is 0 Å². The molecule has 1 amide bonds. The van der Waals surface area contributed by atoms with Crippen LogP contribution in [0, 0.1) is 0 Å². The molecule has 92 valence electrons. The number of rotatable bonds is 4. The van der Waals surface area contributed by atoms with Crippen LogP contribution in [0.1, 0.15) is 18.4 Å². The molecule has 1 aromatic carbocycles. The number of halogens is 3. The summed E-state index contributed by atoms with van der Waals surface area (Å²) in [7, 11) is 0. The smallest absolute Gasteiger partial charge is 0.238 e. The van der Waals surface area contributed by atoms with Crippen LogP contribution < -0.4 is 0 Å². The highest BCUT2D eigenvalue weighted by atomic mass is 35.5. The lowest BCUT2D eigenvalue weighted by molar-refractivity contribution is -0.129. The summed E-state index contributed by atoms with van der Waals surface area (Å²) in [6.07, 6.45) is 2.06. The number of carbonyl (C=O) groups is 1. The van der Waals surface area contributed by atoms with Gasteiger partial charge in [-0.25, -0.2) is 0 Å². The summed E-state index contributed by atoms with van der Waals surface area (Å²) < 4.78 is 0. The summed E-state index contributed by atoms with van der Waals surface area (Å²) in [6.45, 7) is 0.439. The van der Waals surface area contributed by atoms with E-state index in [4.69, 9.17) is 34.8 Å². The van der Waals surface area contributed by atoms with E-state index in [1.165, 1.54) is 0 Å². The van der Waals surface area contributed by atoms with Gasteiger partial charge in [-0.15, -0.1) is 11.6 Å². The molecule has 0 aliphatic heterocycles. The van der Waals surface area contributed by atoms with E-state index in [2.05, 4.69) is 0 Å². The third kappa shape index (κ3) is 3.06. The lowest BCUT2D eigenvalue weighted by Gasteiger charge is -2.22. The fraction of sp³-hybridized carbons (Fsp3) is 0.417. The van der Waals surface area contributed by atoms with E-state index >= 15 is 0 Å². The summed E-state index contributed by atoms with van der Waals surface area (Å²) in [5.74, 6) is -0.0661. The fourth-order valence-corrected chi connectivity index (χ4v) is 2.41. The first kappa shape index (κ1) is 13.0. The van der Waals surface area contributed by atoms with Gasteiger partial charge in [0, 0.05) is 28.2 Å². The average molecular weight is 293 g/mol. The van der Waals surface area contributed by atoms with Gasteiger partial charge in [-0.05, 0) is 25.0 Å². The van der Waals surface area contributed by atoms with Crippen LogP contribution in [0.3, 0.4) is 0 Å². The van der Waals surface area contributed by atoms with Crippen LogP contribution in [0.2, 0.25) is 10.0 Å². The molecule has 2 rings (SSSR count). The normalized spacial score (nSPS) is 14.8. The van der Waals surface area contributed by atoms with Crippen molar-refractivity contribution in [3.63, 3.8) is 0 Å². The van der Waals surface area contributed by atoms with Gasteiger partial charge in [0.1, 0.15) is 5.88 Å². The Bertz CT molecular complexity index is 412. The average Bonchev–Trinajstić information content (AvgIpc) is 3.12. The number of hydrogen-bond acceptors (Lipinski definition) is 1. The van der Waals surface area contributed by atoms with Gasteiger partial charge in [0.05, 0.1) is 0 Å². The second kappa shape index (κ2) is 5.47. The maximum Gasteiger partial charge on any atom is 0.238 e. The van der Waals surface area contributed by atoms with Gasteiger partial charge in [0.2, 0.25) is 5.91 Å². The largest absolute Gasteiger partial charge is 0.334 e. The predicted molar refractivity (Wildman–Crippen MR) is 70.8 cm³/mol. The Morgan fingerprint density at radius 1 is 1.29 bits per heavy atom. The molecular weight excluding hydrogens is 280 g/mol. The van der Waals surface area contributed by atoms with E-state index in [0.29, 0.717) is 22.6 Å². The van der Waals surface area contributed by atoms with Gasteiger partial charge < -0.3 is 4.90 Å². The van der Waals surface area contributed by atoms with E-state index in [1.54, 1.807) is 23.1 Å². The van der Waals surface area contributed by atoms with Crippen molar-refractivity contribution in [3.05, 3.63) is 33.8 Å². The van der Waals surface area contributed by atoms with Crippen LogP contribution in [0.4, 0.5) is 0 Å². The van der Waals surface area contributed by atoms with Crippen LogP contribution in [-0.2, 0) is 11.3 Å². The van der Waals surface area contributed by atoms with Crippen molar-refractivity contribution in [2.45, 2.75) is 25.4 Å². The molecule has 1 aromatic rings. The molecule has 0 bridgehead atoms. The molecule has 0 saturated heterocycles. The molecule has 0 unspecified atom stereocenters. The van der Waals surface area contributed by atoms with Gasteiger partial charge >= 0.3 is 0 Å². The zero-order chi connectivity index (χ0) is 12.4. The number of hydrogen-bond donors (Lipinski definition) is 0. The first-order valence-electron chi connectivity index (χ1n) is 5.42. The second-order valence-electron chi connectivity index (χ2n) is 4.09. The van der Waals surface area contributed by atoms with Crippen LogP contribution in [0.15, 0.2) is 18.2 Å². The maximum absolute atomic E-state index is 11.7. The Hall–Kier alpha value is -0.440. The van der Waals surface area contributed by atoms with Crippen molar-refractivity contribution in [2.75, 3.05) is 5.88 Å². The molecule has 2 nitrogen and oxygen atoms in total. The van der Waals surface area contributed by atoms with Crippen LogP contribution in [0.25, 0.3) is 0 Å². The monoisotopic (exact) mass is 291 g/mol. The lowest BCUT2D eigenvalue weighted by atomic mass is 10.2. The second-order valence-corrected chi connectivity index (χ2v) is 5.17. The molecule has 1 aliphatic rings. The van der Waals surface area contributed by atoms with Crippen molar-refractivity contribution >= 4 is 40.7 Å². The summed E-state index contributed by atoms with van der Waals surface area (Å²) >= 11 is 17.8. The predicted octanol–water partition coefficient (Wildman–Crippen LogP) is 3.72. The van der Waals surface area contributed by atoms with E-state index in [1.807, 2.05) is 0 Å². The molecule has 1 fully saturated rings. The minimum atomic E-state index is -0.0647. The van der Waals surface area contributed by atoms with Crippen LogP contribution in [-0.4, -0.2) is 22.7 Å². The highest BCUT2D eigenvalue weighted by molar-refractivity contribution is 6.36. The van der Waals surface area contributed by atoms with Gasteiger partial charge in [-0.1, -0.05) is 29.3 Å². The third-order valence-corrected chi connectivity index (χ3v) is 3.75. The zero-order valence-corrected chi connectivity index (χ0v) is 11.4. The van der Waals surface area contributed by atoms with Gasteiger partial charge in [0.25, 0.3) is 0 Å². The van der Waals surface area contributed by atoms with E-state index in [9.17, 15) is 4.79 Å². The molecular formula is C12H12Cl3NO. The SMILES string of the molecule is O=C(CCl)N(Cc1c(Cl)cccc1Cl)C1CC1. The van der Waals surface area contributed by atoms with Crippen molar-refractivity contribution in [1.29, 1.82) is 0 Å². The number of amides is 1. The Labute approximate surface area is 115 Å². The molecule has 5 heteroatoms. The van der Waals surface area contributed by atoms with Crippen molar-refractivity contribution in [1.82, 2.24) is 4.90 Å². The minimum Gasteiger partial charge on any atom is -0.334 e. The van der Waals surface area contributed by atoms with E-state index in [0.717, 1.165) is 18.4 Å². The van der Waals surface area contributed by atoms with Crippen molar-refractivity contribution in [3.8, 4) is 0 Å². The quantitative estimate of drug-likeness (QED) is 0.775. The number of carbonyl (C=O) groups excluding carboxylic acids is 1. The Balaban J connectivity index is 2.20. The standard InChI is InChI=1S/C12H12Cl3NO/c13-6-12(17)16(8-4-5-8)7-9-10(14)2-1-3-11(9)15/h1-3,8H,4-7H2. The molecule has 0 N–H and O–H groups in total. The molecule has 1 saturated carbocycles. The van der Waals surface area contributed by atoms with Gasteiger partial charge in [-0.3, -0.25) is 4.79 Å². The van der Waals surface area contributed by atoms with Crippen molar-refractivity contribution < 1.29 is 4.79 Å². The molecule has 0 heterocycles. The Morgan fingerprint density at radius 2 is 1.88 bits per heavy atom. The molecule has 0 radical (unpaired) electrons. The first-order valence-corrected chi connectivity index (χ1v) is 6.71. The highest BCUT2D eigenvalue weighted by Crippen LogP contribution is 2.32. The third-order valence-electron chi connectivity index (χ3n) is 2.81. The van der Waals surface area contributed by atoms with Gasteiger partial charge in [0.15, 0.2) is 0 Å². The lowest BCUT2D eigenvalue weighted by Crippen LogP contribution is -2.33. The maximum atomic E-state index is 11.7. The topological polar surface area (TPSA) is 20.3 Å². The molecule has 0 aromatic heterocycles. The number of benzene rings is 1. The molecule has 0 spiro atoms. The fourth-order valence-electron chi connectivity index (χ4n) is 1.74. The molecule has 0 atom stereocenters. The molecule has 17 heavy (non-hydrogen) atoms.